The Balaban J connectivity index is 2.77. The first-order valence-corrected chi connectivity index (χ1v) is 3.95. The molecule has 1 rings (SSSR count). The summed E-state index contributed by atoms with van der Waals surface area (Å²) in [5, 5.41) is 0. The van der Waals surface area contributed by atoms with Gasteiger partial charge in [0, 0.05) is 11.8 Å². The standard InChI is InChI=1S/C9H14N2O/c1-7-5-8(11-6-10-7)12-9(2,3)4/h5-6H,1-4H3. The second kappa shape index (κ2) is 3.09. The maximum Gasteiger partial charge on any atom is 0.217 e. The summed E-state index contributed by atoms with van der Waals surface area (Å²) in [6.07, 6.45) is 1.51. The summed E-state index contributed by atoms with van der Waals surface area (Å²) in [5.41, 5.74) is 0.727. The van der Waals surface area contributed by atoms with Gasteiger partial charge in [0.05, 0.1) is 0 Å². The van der Waals surface area contributed by atoms with Gasteiger partial charge in [-0.05, 0) is 27.7 Å². The topological polar surface area (TPSA) is 35.0 Å². The maximum atomic E-state index is 5.53. The third-order valence-corrected chi connectivity index (χ3v) is 1.19. The monoisotopic (exact) mass is 166 g/mol. The largest absolute Gasteiger partial charge is 0.472 e. The molecule has 0 aliphatic rings. The van der Waals surface area contributed by atoms with Crippen molar-refractivity contribution in [3.05, 3.63) is 18.1 Å². The molecule has 0 atom stereocenters. The van der Waals surface area contributed by atoms with Crippen molar-refractivity contribution in [1.29, 1.82) is 0 Å². The SMILES string of the molecule is Cc1cc(OC(C)(C)C)ncn1. The van der Waals surface area contributed by atoms with Crippen LogP contribution in [0.1, 0.15) is 26.5 Å². The lowest BCUT2D eigenvalue weighted by molar-refractivity contribution is 0.124. The molecule has 0 aliphatic heterocycles. The smallest absolute Gasteiger partial charge is 0.217 e. The predicted octanol–water partition coefficient (Wildman–Crippen LogP) is 1.96. The first-order valence-electron chi connectivity index (χ1n) is 3.95. The fraction of sp³-hybridized carbons (Fsp3) is 0.556. The van der Waals surface area contributed by atoms with Crippen LogP contribution in [-0.2, 0) is 0 Å². The summed E-state index contributed by atoms with van der Waals surface area (Å²) < 4.78 is 5.53. The van der Waals surface area contributed by atoms with Crippen LogP contribution in [0.5, 0.6) is 5.88 Å². The lowest BCUT2D eigenvalue weighted by Crippen LogP contribution is -2.23. The summed E-state index contributed by atoms with van der Waals surface area (Å²) in [6, 6.07) is 1.82. The Morgan fingerprint density at radius 1 is 1.25 bits per heavy atom. The van der Waals surface area contributed by atoms with Gasteiger partial charge >= 0.3 is 0 Å². The Hall–Kier alpha value is -1.12. The molecule has 0 aliphatic carbocycles. The van der Waals surface area contributed by atoms with Gasteiger partial charge in [-0.2, -0.15) is 0 Å². The summed E-state index contributed by atoms with van der Waals surface area (Å²) >= 11 is 0. The van der Waals surface area contributed by atoms with E-state index in [1.165, 1.54) is 6.33 Å². The average molecular weight is 166 g/mol. The molecule has 3 nitrogen and oxygen atoms in total. The molecule has 0 saturated heterocycles. The van der Waals surface area contributed by atoms with Crippen LogP contribution >= 0.6 is 0 Å². The Bertz CT molecular complexity index is 265. The van der Waals surface area contributed by atoms with Crippen LogP contribution in [0.15, 0.2) is 12.4 Å². The molecular weight excluding hydrogens is 152 g/mol. The molecule has 0 N–H and O–H groups in total. The van der Waals surface area contributed by atoms with E-state index in [0.717, 1.165) is 5.69 Å². The van der Waals surface area contributed by atoms with Gasteiger partial charge in [0.15, 0.2) is 0 Å². The second-order valence-electron chi connectivity index (χ2n) is 3.71. The van der Waals surface area contributed by atoms with Crippen LogP contribution in [0.25, 0.3) is 0 Å². The Morgan fingerprint density at radius 2 is 1.92 bits per heavy atom. The van der Waals surface area contributed by atoms with E-state index in [1.807, 2.05) is 33.8 Å². The lowest BCUT2D eigenvalue weighted by Gasteiger charge is -2.19. The highest BCUT2D eigenvalue weighted by Crippen LogP contribution is 2.14. The van der Waals surface area contributed by atoms with Crippen LogP contribution in [-0.4, -0.2) is 15.6 Å². The van der Waals surface area contributed by atoms with E-state index < -0.39 is 0 Å². The minimum Gasteiger partial charge on any atom is -0.472 e. The normalized spacial score (nSPS) is 11.3. The van der Waals surface area contributed by atoms with Crippen molar-refractivity contribution in [2.45, 2.75) is 33.3 Å². The lowest BCUT2D eigenvalue weighted by atomic mass is 10.2. The van der Waals surface area contributed by atoms with Crippen molar-refractivity contribution < 1.29 is 4.74 Å². The minimum absolute atomic E-state index is 0.194. The van der Waals surface area contributed by atoms with Gasteiger partial charge in [-0.25, -0.2) is 9.97 Å². The van der Waals surface area contributed by atoms with E-state index >= 15 is 0 Å². The minimum atomic E-state index is -0.194. The van der Waals surface area contributed by atoms with Gasteiger partial charge in [0.1, 0.15) is 11.9 Å². The quantitative estimate of drug-likeness (QED) is 0.639. The molecule has 0 unspecified atom stereocenters. The molecule has 1 aromatic heterocycles. The molecule has 0 spiro atoms. The van der Waals surface area contributed by atoms with E-state index in [0.29, 0.717) is 5.88 Å². The Morgan fingerprint density at radius 3 is 2.42 bits per heavy atom. The maximum absolute atomic E-state index is 5.53. The second-order valence-corrected chi connectivity index (χ2v) is 3.71. The number of aryl methyl sites for hydroxylation is 1. The van der Waals surface area contributed by atoms with Gasteiger partial charge in [-0.1, -0.05) is 0 Å². The molecule has 0 bridgehead atoms. The van der Waals surface area contributed by atoms with Crippen LogP contribution in [0.4, 0.5) is 0 Å². The average Bonchev–Trinajstić information content (AvgIpc) is 1.82. The van der Waals surface area contributed by atoms with Crippen LogP contribution in [0, 0.1) is 6.92 Å². The molecule has 1 aromatic rings. The summed E-state index contributed by atoms with van der Waals surface area (Å²) in [4.78, 5) is 7.97. The molecule has 0 aromatic carbocycles. The number of hydrogen-bond acceptors (Lipinski definition) is 3. The fourth-order valence-corrected chi connectivity index (χ4v) is 0.800. The molecule has 0 radical (unpaired) electrons. The van der Waals surface area contributed by atoms with Gasteiger partial charge < -0.3 is 4.74 Å². The van der Waals surface area contributed by atoms with Gasteiger partial charge in [0.2, 0.25) is 5.88 Å². The van der Waals surface area contributed by atoms with E-state index in [9.17, 15) is 0 Å². The summed E-state index contributed by atoms with van der Waals surface area (Å²) in [7, 11) is 0. The number of hydrogen-bond donors (Lipinski definition) is 0. The van der Waals surface area contributed by atoms with Crippen LogP contribution < -0.4 is 4.74 Å². The molecule has 1 heterocycles. The fourth-order valence-electron chi connectivity index (χ4n) is 0.800. The molecule has 0 amide bonds. The Kier molecular flexibility index (Phi) is 2.31. The summed E-state index contributed by atoms with van der Waals surface area (Å²) in [5.74, 6) is 0.634. The molecule has 12 heavy (non-hydrogen) atoms. The van der Waals surface area contributed by atoms with Crippen molar-refractivity contribution in [3.8, 4) is 5.88 Å². The molecule has 0 fully saturated rings. The predicted molar refractivity (Wildman–Crippen MR) is 47.2 cm³/mol. The molecule has 3 heteroatoms. The van der Waals surface area contributed by atoms with Crippen molar-refractivity contribution in [2.75, 3.05) is 0 Å². The third-order valence-electron chi connectivity index (χ3n) is 1.19. The number of ether oxygens (including phenoxy) is 1. The zero-order valence-corrected chi connectivity index (χ0v) is 7.96. The zero-order chi connectivity index (χ0) is 9.19. The van der Waals surface area contributed by atoms with Gasteiger partial charge in [-0.3, -0.25) is 0 Å². The first-order chi connectivity index (χ1) is 5.47. The van der Waals surface area contributed by atoms with Crippen LogP contribution in [0.3, 0.4) is 0 Å². The highest BCUT2D eigenvalue weighted by atomic mass is 16.5. The van der Waals surface area contributed by atoms with Crippen molar-refractivity contribution >= 4 is 0 Å². The zero-order valence-electron chi connectivity index (χ0n) is 7.96. The number of nitrogens with zero attached hydrogens (tertiary/aromatic N) is 2. The first kappa shape index (κ1) is 8.97. The van der Waals surface area contributed by atoms with Crippen molar-refractivity contribution in [1.82, 2.24) is 9.97 Å². The van der Waals surface area contributed by atoms with Gasteiger partial charge in [-0.15, -0.1) is 0 Å². The van der Waals surface area contributed by atoms with Crippen LogP contribution in [0.2, 0.25) is 0 Å². The Labute approximate surface area is 72.8 Å². The van der Waals surface area contributed by atoms with Crippen molar-refractivity contribution in [3.63, 3.8) is 0 Å². The van der Waals surface area contributed by atoms with Crippen molar-refractivity contribution in [2.24, 2.45) is 0 Å². The molecular formula is C9H14N2O. The highest BCUT2D eigenvalue weighted by Gasteiger charge is 2.12. The van der Waals surface area contributed by atoms with E-state index in [2.05, 4.69) is 9.97 Å². The highest BCUT2D eigenvalue weighted by molar-refractivity contribution is 5.12. The van der Waals surface area contributed by atoms with E-state index in [-0.39, 0.29) is 5.60 Å². The van der Waals surface area contributed by atoms with E-state index in [1.54, 1.807) is 0 Å². The molecule has 66 valence electrons. The summed E-state index contributed by atoms with van der Waals surface area (Å²) in [6.45, 7) is 7.89. The van der Waals surface area contributed by atoms with E-state index in [4.69, 9.17) is 4.74 Å². The third kappa shape index (κ3) is 2.86. The van der Waals surface area contributed by atoms with Gasteiger partial charge in [0.25, 0.3) is 0 Å². The molecule has 0 saturated carbocycles. The number of rotatable bonds is 1. The number of aromatic nitrogens is 2.